The fraction of sp³-hybridized carbons (Fsp3) is 0.278. The zero-order chi connectivity index (χ0) is 36.3. The summed E-state index contributed by atoms with van der Waals surface area (Å²) in [6, 6.07) is 16.9. The number of rotatable bonds is 15. The maximum atomic E-state index is 14.6. The van der Waals surface area contributed by atoms with E-state index in [2.05, 4.69) is 9.47 Å². The molecule has 266 valence electrons. The Bertz CT molecular complexity index is 1610. The molecule has 0 aliphatic rings. The number of unbranched alkanes of at least 4 members (excludes halogenated alkanes) is 5. The van der Waals surface area contributed by atoms with Gasteiger partial charge in [0.1, 0.15) is 34.6 Å². The second-order valence-corrected chi connectivity index (χ2v) is 11.0. The van der Waals surface area contributed by atoms with E-state index in [9.17, 15) is 44.7 Å². The molecule has 0 amide bonds. The summed E-state index contributed by atoms with van der Waals surface area (Å²) in [6.45, 7) is 0. The summed E-state index contributed by atoms with van der Waals surface area (Å²) in [7, 11) is 0. The minimum atomic E-state index is -4.84. The van der Waals surface area contributed by atoms with Gasteiger partial charge in [-0.25, -0.2) is 8.78 Å². The van der Waals surface area contributed by atoms with Crippen LogP contribution in [0.5, 0.6) is 23.0 Å². The maximum Gasteiger partial charge on any atom is 0.573 e. The molecule has 0 aliphatic heterocycles. The second kappa shape index (κ2) is 17.0. The lowest BCUT2D eigenvalue weighted by Gasteiger charge is -2.10. The molecule has 4 aromatic rings. The molecule has 0 radical (unpaired) electrons. The summed E-state index contributed by atoms with van der Waals surface area (Å²) in [5.74, 6) is -3.44. The molecule has 0 spiro atoms. The smallest absolute Gasteiger partial charge is 0.426 e. The molecule has 50 heavy (non-hydrogen) atoms. The van der Waals surface area contributed by atoms with Gasteiger partial charge in [0.05, 0.1) is 0 Å². The van der Waals surface area contributed by atoms with Gasteiger partial charge in [0.25, 0.3) is 0 Å². The van der Waals surface area contributed by atoms with Gasteiger partial charge >= 0.3 is 24.7 Å². The van der Waals surface area contributed by atoms with E-state index in [0.29, 0.717) is 36.8 Å². The molecule has 0 saturated heterocycles. The predicted octanol–water partition coefficient (Wildman–Crippen LogP) is 10.7. The van der Waals surface area contributed by atoms with Crippen molar-refractivity contribution in [3.63, 3.8) is 0 Å². The highest BCUT2D eigenvalue weighted by Crippen LogP contribution is 2.31. The Morgan fingerprint density at radius 3 is 1.10 bits per heavy atom. The molecule has 14 heteroatoms. The van der Waals surface area contributed by atoms with Crippen molar-refractivity contribution in [1.82, 2.24) is 0 Å². The highest BCUT2D eigenvalue weighted by molar-refractivity contribution is 5.74. The monoisotopic (exact) mass is 710 g/mol. The predicted molar refractivity (Wildman–Crippen MR) is 165 cm³/mol. The second-order valence-electron chi connectivity index (χ2n) is 11.0. The highest BCUT2D eigenvalue weighted by Gasteiger charge is 2.31. The Morgan fingerprint density at radius 1 is 0.460 bits per heavy atom. The van der Waals surface area contributed by atoms with E-state index in [-0.39, 0.29) is 35.5 Å². The van der Waals surface area contributed by atoms with Crippen LogP contribution in [0.15, 0.2) is 84.9 Å². The molecule has 0 heterocycles. The Kier molecular flexibility index (Phi) is 12.8. The first-order valence-corrected chi connectivity index (χ1v) is 15.4. The number of esters is 2. The molecule has 0 saturated carbocycles. The van der Waals surface area contributed by atoms with Crippen LogP contribution in [-0.4, -0.2) is 24.7 Å². The topological polar surface area (TPSA) is 71.1 Å². The molecular formula is C36H30F8O6. The van der Waals surface area contributed by atoms with Gasteiger partial charge in [-0.2, -0.15) is 0 Å². The van der Waals surface area contributed by atoms with E-state index in [4.69, 9.17) is 9.47 Å². The van der Waals surface area contributed by atoms with E-state index < -0.39 is 47.8 Å². The van der Waals surface area contributed by atoms with Gasteiger partial charge in [0, 0.05) is 36.1 Å². The van der Waals surface area contributed by atoms with Gasteiger partial charge in [-0.15, -0.1) is 26.3 Å². The minimum absolute atomic E-state index is 0.00742. The molecular weight excluding hydrogens is 680 g/mol. The summed E-state index contributed by atoms with van der Waals surface area (Å²) in [6.07, 6.45) is -5.43. The molecule has 6 nitrogen and oxygen atoms in total. The third-order valence-corrected chi connectivity index (χ3v) is 7.15. The van der Waals surface area contributed by atoms with Crippen LogP contribution >= 0.6 is 0 Å². The number of halogens is 8. The Labute approximate surface area is 281 Å². The first-order chi connectivity index (χ1) is 23.6. The third kappa shape index (κ3) is 12.4. The number of ether oxygens (including phenoxy) is 4. The van der Waals surface area contributed by atoms with Gasteiger partial charge in [0.15, 0.2) is 0 Å². The number of benzene rings is 4. The van der Waals surface area contributed by atoms with Crippen molar-refractivity contribution in [2.45, 2.75) is 64.1 Å². The van der Waals surface area contributed by atoms with Crippen LogP contribution in [0.3, 0.4) is 0 Å². The van der Waals surface area contributed by atoms with E-state index in [1.165, 1.54) is 48.5 Å². The van der Waals surface area contributed by atoms with E-state index in [1.54, 1.807) is 0 Å². The number of carbonyl (C=O) groups is 2. The zero-order valence-corrected chi connectivity index (χ0v) is 26.2. The fourth-order valence-electron chi connectivity index (χ4n) is 4.87. The molecule has 4 rings (SSSR count). The van der Waals surface area contributed by atoms with Gasteiger partial charge < -0.3 is 18.9 Å². The first kappa shape index (κ1) is 37.7. The van der Waals surface area contributed by atoms with Crippen LogP contribution in [0, 0.1) is 11.6 Å². The van der Waals surface area contributed by atoms with Crippen molar-refractivity contribution >= 4 is 11.9 Å². The van der Waals surface area contributed by atoms with Crippen molar-refractivity contribution in [2.75, 3.05) is 0 Å². The molecule has 0 unspecified atom stereocenters. The number of hydrogen-bond donors (Lipinski definition) is 0. The van der Waals surface area contributed by atoms with Crippen LogP contribution in [-0.2, 0) is 9.59 Å². The summed E-state index contributed by atoms with van der Waals surface area (Å²) in [4.78, 5) is 24.4. The van der Waals surface area contributed by atoms with E-state index >= 15 is 0 Å². The normalized spacial score (nSPS) is 11.6. The van der Waals surface area contributed by atoms with E-state index in [0.717, 1.165) is 49.2 Å². The molecule has 0 bridgehead atoms. The molecule has 0 fully saturated rings. The largest absolute Gasteiger partial charge is 0.573 e. The lowest BCUT2D eigenvalue weighted by molar-refractivity contribution is -0.275. The van der Waals surface area contributed by atoms with Crippen molar-refractivity contribution in [1.29, 1.82) is 0 Å². The molecule has 0 aliphatic carbocycles. The zero-order valence-electron chi connectivity index (χ0n) is 26.2. The lowest BCUT2D eigenvalue weighted by atomic mass is 10.0. The third-order valence-electron chi connectivity index (χ3n) is 7.15. The van der Waals surface area contributed by atoms with Crippen LogP contribution in [0.4, 0.5) is 35.1 Å². The summed E-state index contributed by atoms with van der Waals surface area (Å²) in [5, 5.41) is 0. The number of alkyl halides is 6. The molecule has 0 aromatic heterocycles. The van der Waals surface area contributed by atoms with Gasteiger partial charge in [-0.05, 0) is 72.5 Å². The minimum Gasteiger partial charge on any atom is -0.426 e. The van der Waals surface area contributed by atoms with Gasteiger partial charge in [-0.3, -0.25) is 9.59 Å². The highest BCUT2D eigenvalue weighted by atomic mass is 19.4. The molecule has 0 atom stereocenters. The SMILES string of the molecule is O=C(CCCCCCCCC(=O)Oc1ccc(-c2ccc(OC(F)(F)F)cc2)c(F)c1)Oc1ccc(-c2ccc(OC(F)(F)F)cc2)c(F)c1. The van der Waals surface area contributed by atoms with Gasteiger partial charge in [0.2, 0.25) is 0 Å². The molecule has 4 aromatic carbocycles. The van der Waals surface area contributed by atoms with E-state index in [1.807, 2.05) is 0 Å². The summed E-state index contributed by atoms with van der Waals surface area (Å²) in [5.41, 5.74) is 0.826. The average Bonchev–Trinajstić information content (AvgIpc) is 3.02. The lowest BCUT2D eigenvalue weighted by Crippen LogP contribution is -2.16. The Balaban J connectivity index is 1.09. The van der Waals surface area contributed by atoms with Crippen molar-refractivity contribution in [2.24, 2.45) is 0 Å². The number of carbonyl (C=O) groups excluding carboxylic acids is 2. The molecule has 0 N–H and O–H groups in total. The Hall–Kier alpha value is -5.14. The van der Waals surface area contributed by atoms with Crippen LogP contribution in [0.1, 0.15) is 51.4 Å². The quantitative estimate of drug-likeness (QED) is 0.0529. The summed E-state index contributed by atoms with van der Waals surface area (Å²) < 4.78 is 121. The first-order valence-electron chi connectivity index (χ1n) is 15.4. The van der Waals surface area contributed by atoms with Crippen LogP contribution in [0.2, 0.25) is 0 Å². The van der Waals surface area contributed by atoms with Crippen molar-refractivity contribution in [3.8, 4) is 45.3 Å². The van der Waals surface area contributed by atoms with Crippen LogP contribution < -0.4 is 18.9 Å². The summed E-state index contributed by atoms with van der Waals surface area (Å²) >= 11 is 0. The van der Waals surface area contributed by atoms with Gasteiger partial charge in [-0.1, -0.05) is 49.9 Å². The van der Waals surface area contributed by atoms with Crippen molar-refractivity contribution < 1.29 is 63.7 Å². The fourth-order valence-corrected chi connectivity index (χ4v) is 4.87. The van der Waals surface area contributed by atoms with Crippen LogP contribution in [0.25, 0.3) is 22.3 Å². The maximum absolute atomic E-state index is 14.6. The standard InChI is InChI=1S/C36H30F8O6/c37-31-21-27(17-19-29(31)23-9-13-25(14-10-23)49-35(39,40)41)47-33(45)7-5-3-1-2-4-6-8-34(46)48-28-18-20-30(32(38)22-28)24-11-15-26(16-12-24)50-36(42,43)44/h9-22H,1-8H2. The average molecular weight is 711 g/mol. The Morgan fingerprint density at radius 2 is 0.780 bits per heavy atom. The number of hydrogen-bond acceptors (Lipinski definition) is 6. The van der Waals surface area contributed by atoms with Crippen molar-refractivity contribution in [3.05, 3.63) is 96.6 Å².